The van der Waals surface area contributed by atoms with Crippen molar-refractivity contribution in [1.29, 1.82) is 0 Å². The molecule has 3 heterocycles. The highest BCUT2D eigenvalue weighted by Crippen LogP contribution is 2.40. The Morgan fingerprint density at radius 3 is 2.66 bits per heavy atom. The summed E-state index contributed by atoms with van der Waals surface area (Å²) >= 11 is 5.55. The smallest absolute Gasteiger partial charge is 0.337 e. The largest absolute Gasteiger partial charge is 0.465 e. The van der Waals surface area contributed by atoms with E-state index in [1.54, 1.807) is 18.3 Å². The number of rotatable bonds is 5. The molecule has 1 aromatic carbocycles. The van der Waals surface area contributed by atoms with E-state index in [0.29, 0.717) is 10.7 Å². The van der Waals surface area contributed by atoms with Gasteiger partial charge in [0.05, 0.1) is 24.4 Å². The fraction of sp³-hybridized carbons (Fsp3) is 0.227. The van der Waals surface area contributed by atoms with Gasteiger partial charge in [0, 0.05) is 18.3 Å². The summed E-state index contributed by atoms with van der Waals surface area (Å²) < 4.78 is 11.0. The van der Waals surface area contributed by atoms with Crippen LogP contribution in [-0.4, -0.2) is 34.6 Å². The molecule has 1 N–H and O–H groups in total. The number of methoxy groups -OCH3 is 1. The predicted molar refractivity (Wildman–Crippen MR) is 113 cm³/mol. The van der Waals surface area contributed by atoms with Crippen LogP contribution < -0.4 is 5.32 Å². The molecule has 0 saturated carbocycles. The molecule has 2 atom stereocenters. The van der Waals surface area contributed by atoms with Crippen molar-refractivity contribution in [2.45, 2.75) is 19.0 Å². The van der Waals surface area contributed by atoms with Crippen molar-refractivity contribution in [2.75, 3.05) is 13.7 Å². The van der Waals surface area contributed by atoms with E-state index in [2.05, 4.69) is 22.1 Å². The van der Waals surface area contributed by atoms with E-state index in [0.717, 1.165) is 29.3 Å². The maximum Gasteiger partial charge on any atom is 0.337 e. The average molecular weight is 407 g/mol. The monoisotopic (exact) mass is 407 g/mol. The molecule has 2 aromatic heterocycles. The molecule has 3 aromatic rings. The predicted octanol–water partition coefficient (Wildman–Crippen LogP) is 4.12. The number of carbonyl (C=O) groups excluding carboxylic acids is 1. The molecule has 1 saturated heterocycles. The van der Waals surface area contributed by atoms with Crippen molar-refractivity contribution in [1.82, 2.24) is 15.2 Å². The highest BCUT2D eigenvalue weighted by atomic mass is 32.1. The summed E-state index contributed by atoms with van der Waals surface area (Å²) in [6.45, 7) is 2.82. The van der Waals surface area contributed by atoms with Gasteiger partial charge >= 0.3 is 5.97 Å². The second-order valence-corrected chi connectivity index (χ2v) is 7.07. The Kier molecular flexibility index (Phi) is 5.31. The van der Waals surface area contributed by atoms with Crippen LogP contribution in [-0.2, 0) is 4.74 Å². The SMILES string of the molecule is CCN1C(=S)N[C@@H](c2ccccn2)[C@H]1c1ccc(-c2ccc(C(=O)OC)cc2)o1. The number of aromatic nitrogens is 1. The normalized spacial score (nSPS) is 18.6. The Morgan fingerprint density at radius 2 is 2.00 bits per heavy atom. The Balaban J connectivity index is 1.66. The minimum absolute atomic E-state index is 0.0921. The number of hydrogen-bond acceptors (Lipinski definition) is 5. The molecule has 6 nitrogen and oxygen atoms in total. The molecule has 0 aliphatic carbocycles. The number of nitrogens with one attached hydrogen (secondary N) is 1. The number of nitrogens with zero attached hydrogens (tertiary/aromatic N) is 2. The van der Waals surface area contributed by atoms with Crippen LogP contribution in [0.2, 0.25) is 0 Å². The second kappa shape index (κ2) is 8.05. The standard InChI is InChI=1S/C22H21N3O3S/c1-3-25-20(19(24-22(25)29)16-6-4-5-13-23-16)18-12-11-17(28-18)14-7-9-15(10-8-14)21(26)27-2/h4-13,19-20H,3H2,1-2H3,(H,24,29)/t19-,20+/m0/s1. The number of benzene rings is 1. The van der Waals surface area contributed by atoms with Gasteiger partial charge in [0.25, 0.3) is 0 Å². The van der Waals surface area contributed by atoms with Crippen LogP contribution in [0, 0.1) is 0 Å². The molecule has 1 fully saturated rings. The fourth-order valence-electron chi connectivity index (χ4n) is 3.61. The Morgan fingerprint density at radius 1 is 1.21 bits per heavy atom. The van der Waals surface area contributed by atoms with Crippen molar-refractivity contribution in [3.63, 3.8) is 0 Å². The maximum atomic E-state index is 11.6. The van der Waals surface area contributed by atoms with Crippen LogP contribution in [0.5, 0.6) is 0 Å². The molecule has 1 aliphatic heterocycles. The first kappa shape index (κ1) is 19.1. The summed E-state index contributed by atoms with van der Waals surface area (Å²) in [6.07, 6.45) is 1.78. The first-order valence-corrected chi connectivity index (χ1v) is 9.79. The number of esters is 1. The van der Waals surface area contributed by atoms with Crippen LogP contribution in [0.1, 0.15) is 40.8 Å². The molecule has 0 amide bonds. The van der Waals surface area contributed by atoms with Gasteiger partial charge in [0.15, 0.2) is 5.11 Å². The minimum atomic E-state index is -0.362. The van der Waals surface area contributed by atoms with Gasteiger partial charge in [0.1, 0.15) is 17.6 Å². The van der Waals surface area contributed by atoms with Crippen LogP contribution in [0.25, 0.3) is 11.3 Å². The molecule has 0 unspecified atom stereocenters. The van der Waals surface area contributed by atoms with E-state index < -0.39 is 0 Å². The van der Waals surface area contributed by atoms with Gasteiger partial charge in [-0.25, -0.2) is 4.79 Å². The van der Waals surface area contributed by atoms with E-state index in [1.165, 1.54) is 7.11 Å². The van der Waals surface area contributed by atoms with Crippen LogP contribution in [0.4, 0.5) is 0 Å². The highest BCUT2D eigenvalue weighted by molar-refractivity contribution is 7.80. The topological polar surface area (TPSA) is 67.6 Å². The first-order valence-electron chi connectivity index (χ1n) is 9.39. The number of hydrogen-bond donors (Lipinski definition) is 1. The molecule has 0 radical (unpaired) electrons. The van der Waals surface area contributed by atoms with E-state index in [-0.39, 0.29) is 18.1 Å². The molecule has 7 heteroatoms. The maximum absolute atomic E-state index is 11.6. The van der Waals surface area contributed by atoms with E-state index in [1.807, 2.05) is 42.5 Å². The number of likely N-dealkylation sites (N-methyl/N-ethyl adjacent to an activating group) is 1. The molecule has 1 aliphatic rings. The van der Waals surface area contributed by atoms with Gasteiger partial charge in [0.2, 0.25) is 0 Å². The number of pyridine rings is 1. The highest BCUT2D eigenvalue weighted by Gasteiger charge is 2.40. The summed E-state index contributed by atoms with van der Waals surface area (Å²) in [5, 5.41) is 4.07. The third-order valence-corrected chi connectivity index (χ3v) is 5.40. The third-order valence-electron chi connectivity index (χ3n) is 5.05. The first-order chi connectivity index (χ1) is 14.1. The average Bonchev–Trinajstić information content (AvgIpc) is 3.38. The molecule has 148 valence electrons. The van der Waals surface area contributed by atoms with Gasteiger partial charge in [-0.3, -0.25) is 4.98 Å². The lowest BCUT2D eigenvalue weighted by atomic mass is 10.0. The molecule has 29 heavy (non-hydrogen) atoms. The van der Waals surface area contributed by atoms with Gasteiger partial charge in [-0.2, -0.15) is 0 Å². The van der Waals surface area contributed by atoms with Crippen LogP contribution in [0.3, 0.4) is 0 Å². The lowest BCUT2D eigenvalue weighted by Crippen LogP contribution is -2.29. The minimum Gasteiger partial charge on any atom is -0.465 e. The van der Waals surface area contributed by atoms with Crippen LogP contribution in [0.15, 0.2) is 65.2 Å². The molecular weight excluding hydrogens is 386 g/mol. The van der Waals surface area contributed by atoms with E-state index in [9.17, 15) is 4.79 Å². The molecular formula is C22H21N3O3S. The Bertz CT molecular complexity index is 1020. The van der Waals surface area contributed by atoms with Crippen molar-refractivity contribution >= 4 is 23.3 Å². The van der Waals surface area contributed by atoms with E-state index >= 15 is 0 Å². The van der Waals surface area contributed by atoms with Gasteiger partial charge in [-0.05, 0) is 55.5 Å². The second-order valence-electron chi connectivity index (χ2n) is 6.68. The van der Waals surface area contributed by atoms with Gasteiger partial charge < -0.3 is 19.4 Å². The van der Waals surface area contributed by atoms with Crippen LogP contribution >= 0.6 is 12.2 Å². The molecule has 4 rings (SSSR count). The summed E-state index contributed by atoms with van der Waals surface area (Å²) in [5.74, 6) is 1.17. The summed E-state index contributed by atoms with van der Waals surface area (Å²) in [5.41, 5.74) is 2.30. The summed E-state index contributed by atoms with van der Waals surface area (Å²) in [4.78, 5) is 18.2. The van der Waals surface area contributed by atoms with Crippen molar-refractivity contribution < 1.29 is 13.9 Å². The lowest BCUT2D eigenvalue weighted by Gasteiger charge is -2.24. The number of furan rings is 1. The van der Waals surface area contributed by atoms with E-state index in [4.69, 9.17) is 21.4 Å². The number of carbonyl (C=O) groups is 1. The summed E-state index contributed by atoms with van der Waals surface area (Å²) in [7, 11) is 1.37. The Hall–Kier alpha value is -3.19. The summed E-state index contributed by atoms with van der Waals surface area (Å²) in [6, 6.07) is 16.7. The lowest BCUT2D eigenvalue weighted by molar-refractivity contribution is 0.0600. The molecule has 0 bridgehead atoms. The number of thiocarbonyl (C=S) groups is 1. The zero-order valence-corrected chi connectivity index (χ0v) is 17.0. The fourth-order valence-corrected chi connectivity index (χ4v) is 3.98. The number of ether oxygens (including phenoxy) is 1. The van der Waals surface area contributed by atoms with Crippen molar-refractivity contribution in [3.8, 4) is 11.3 Å². The van der Waals surface area contributed by atoms with Crippen molar-refractivity contribution in [2.24, 2.45) is 0 Å². The molecule has 0 spiro atoms. The zero-order valence-electron chi connectivity index (χ0n) is 16.2. The quantitative estimate of drug-likeness (QED) is 0.504. The zero-order chi connectivity index (χ0) is 20.4. The Labute approximate surface area is 174 Å². The van der Waals surface area contributed by atoms with Gasteiger partial charge in [-0.15, -0.1) is 0 Å². The van der Waals surface area contributed by atoms with Crippen molar-refractivity contribution in [3.05, 3.63) is 77.8 Å². The van der Waals surface area contributed by atoms with Gasteiger partial charge in [-0.1, -0.05) is 18.2 Å². The third kappa shape index (κ3) is 3.61.